The van der Waals surface area contributed by atoms with Gasteiger partial charge in [0, 0.05) is 50.3 Å². The van der Waals surface area contributed by atoms with Gasteiger partial charge in [-0.15, -0.1) is 0 Å². The number of aliphatic hydroxyl groups excluding tert-OH is 1. The minimum atomic E-state index is -0.417. The Morgan fingerprint density at radius 2 is 1.63 bits per heavy atom. The van der Waals surface area contributed by atoms with Gasteiger partial charge in [0.15, 0.2) is 5.78 Å². The van der Waals surface area contributed by atoms with Crippen LogP contribution in [0.4, 0.5) is 0 Å². The monoisotopic (exact) mass is 406 g/mol. The molecule has 0 saturated carbocycles. The van der Waals surface area contributed by atoms with Gasteiger partial charge in [0.2, 0.25) is 0 Å². The molecule has 1 N–H and O–H groups in total. The third-order valence-electron chi connectivity index (χ3n) is 6.22. The number of aliphatic hydroxyl groups is 1. The molecule has 2 heterocycles. The standard InChI is InChI=1S/C25H30N2O3/c28-23(18-26-16-13-19-5-1-2-6-22(19)17-26)7-3-8-24(29)20-9-11-21(12-10-20)25(30)27-14-4-15-27/h1-2,5-6,9-12,23,28H,3-4,7-8,13-18H2. The molecule has 4 rings (SSSR count). The smallest absolute Gasteiger partial charge is 0.253 e. The van der Waals surface area contributed by atoms with E-state index in [1.807, 2.05) is 4.90 Å². The fraction of sp³-hybridized carbons (Fsp3) is 0.440. The molecule has 30 heavy (non-hydrogen) atoms. The fourth-order valence-electron chi connectivity index (χ4n) is 4.24. The first-order valence-corrected chi connectivity index (χ1v) is 11.0. The Labute approximate surface area is 178 Å². The Kier molecular flexibility index (Phi) is 6.60. The van der Waals surface area contributed by atoms with E-state index in [0.29, 0.717) is 36.9 Å². The van der Waals surface area contributed by atoms with Gasteiger partial charge in [-0.1, -0.05) is 36.4 Å². The number of fused-ring (bicyclic) bond motifs is 1. The lowest BCUT2D eigenvalue weighted by molar-refractivity contribution is 0.0651. The van der Waals surface area contributed by atoms with Crippen LogP contribution in [0.1, 0.15) is 57.5 Å². The highest BCUT2D eigenvalue weighted by Gasteiger charge is 2.22. The second-order valence-electron chi connectivity index (χ2n) is 8.45. The average Bonchev–Trinajstić information content (AvgIpc) is 2.72. The largest absolute Gasteiger partial charge is 0.392 e. The van der Waals surface area contributed by atoms with E-state index in [1.165, 1.54) is 11.1 Å². The molecule has 0 spiro atoms. The summed E-state index contributed by atoms with van der Waals surface area (Å²) in [6.07, 6.45) is 3.38. The molecular formula is C25H30N2O3. The van der Waals surface area contributed by atoms with Gasteiger partial charge in [-0.05, 0) is 48.9 Å². The minimum absolute atomic E-state index is 0.0451. The predicted molar refractivity (Wildman–Crippen MR) is 117 cm³/mol. The van der Waals surface area contributed by atoms with E-state index in [4.69, 9.17) is 0 Å². The number of carbonyl (C=O) groups excluding carboxylic acids is 2. The molecule has 1 saturated heterocycles. The van der Waals surface area contributed by atoms with E-state index in [1.54, 1.807) is 24.3 Å². The van der Waals surface area contributed by atoms with Crippen LogP contribution in [0.3, 0.4) is 0 Å². The molecule has 1 unspecified atom stereocenters. The summed E-state index contributed by atoms with van der Waals surface area (Å²) in [6.45, 7) is 4.15. The SMILES string of the molecule is O=C(CCCC(O)CN1CCc2ccccc2C1)c1ccc(C(=O)N2CCC2)cc1. The van der Waals surface area contributed by atoms with Gasteiger partial charge in [-0.25, -0.2) is 0 Å². The van der Waals surface area contributed by atoms with Gasteiger partial charge < -0.3 is 10.0 Å². The molecule has 0 radical (unpaired) electrons. The zero-order valence-electron chi connectivity index (χ0n) is 17.4. The molecule has 0 aliphatic carbocycles. The average molecular weight is 407 g/mol. The summed E-state index contributed by atoms with van der Waals surface area (Å²) in [5, 5.41) is 10.4. The molecule has 2 aliphatic heterocycles. The third kappa shape index (κ3) is 4.97. The van der Waals surface area contributed by atoms with Crippen LogP contribution in [0, 0.1) is 0 Å². The molecule has 2 aliphatic rings. The van der Waals surface area contributed by atoms with Crippen LogP contribution in [0.5, 0.6) is 0 Å². The first kappa shape index (κ1) is 20.8. The van der Waals surface area contributed by atoms with E-state index in [0.717, 1.165) is 39.0 Å². The summed E-state index contributed by atoms with van der Waals surface area (Å²) in [6, 6.07) is 15.5. The van der Waals surface area contributed by atoms with Gasteiger partial charge in [0.1, 0.15) is 0 Å². The van der Waals surface area contributed by atoms with E-state index < -0.39 is 6.10 Å². The summed E-state index contributed by atoms with van der Waals surface area (Å²) in [4.78, 5) is 28.8. The highest BCUT2D eigenvalue weighted by atomic mass is 16.3. The molecule has 5 nitrogen and oxygen atoms in total. The lowest BCUT2D eigenvalue weighted by Crippen LogP contribution is -2.41. The van der Waals surface area contributed by atoms with Crippen molar-refractivity contribution in [3.8, 4) is 0 Å². The van der Waals surface area contributed by atoms with Crippen molar-refractivity contribution in [2.24, 2.45) is 0 Å². The highest BCUT2D eigenvalue weighted by Crippen LogP contribution is 2.19. The van der Waals surface area contributed by atoms with Crippen molar-refractivity contribution >= 4 is 11.7 Å². The van der Waals surface area contributed by atoms with Crippen molar-refractivity contribution in [2.75, 3.05) is 26.2 Å². The number of Topliss-reactive ketones (excluding diaryl/α,β-unsaturated/α-hetero) is 1. The second kappa shape index (κ2) is 9.54. The minimum Gasteiger partial charge on any atom is -0.392 e. The van der Waals surface area contributed by atoms with E-state index in [-0.39, 0.29) is 11.7 Å². The molecule has 2 aromatic rings. The van der Waals surface area contributed by atoms with Crippen LogP contribution in [0.2, 0.25) is 0 Å². The molecular weight excluding hydrogens is 376 g/mol. The highest BCUT2D eigenvalue weighted by molar-refractivity contribution is 5.98. The van der Waals surface area contributed by atoms with E-state index >= 15 is 0 Å². The maximum atomic E-state index is 12.4. The number of nitrogens with zero attached hydrogens (tertiary/aromatic N) is 2. The van der Waals surface area contributed by atoms with Gasteiger partial charge >= 0.3 is 0 Å². The number of amides is 1. The Hall–Kier alpha value is -2.50. The van der Waals surface area contributed by atoms with E-state index in [2.05, 4.69) is 29.2 Å². The Morgan fingerprint density at radius 1 is 0.933 bits per heavy atom. The van der Waals surface area contributed by atoms with Gasteiger partial charge in [-0.3, -0.25) is 14.5 Å². The van der Waals surface area contributed by atoms with Gasteiger partial charge in [0.25, 0.3) is 5.91 Å². The maximum absolute atomic E-state index is 12.4. The first-order valence-electron chi connectivity index (χ1n) is 11.0. The van der Waals surface area contributed by atoms with Gasteiger partial charge in [0.05, 0.1) is 6.10 Å². The van der Waals surface area contributed by atoms with Crippen LogP contribution >= 0.6 is 0 Å². The molecule has 5 heteroatoms. The topological polar surface area (TPSA) is 60.9 Å². The number of hydrogen-bond donors (Lipinski definition) is 1. The lowest BCUT2D eigenvalue weighted by atomic mass is 9.99. The molecule has 158 valence electrons. The van der Waals surface area contributed by atoms with Crippen molar-refractivity contribution in [3.63, 3.8) is 0 Å². The number of rotatable bonds is 8. The zero-order chi connectivity index (χ0) is 20.9. The number of carbonyl (C=O) groups is 2. The molecule has 0 aromatic heterocycles. The number of β-amino-alcohol motifs (C(OH)–C–C–N with tert-alkyl or cyclic N) is 1. The predicted octanol–water partition coefficient (Wildman–Crippen LogP) is 3.30. The van der Waals surface area contributed by atoms with Crippen LogP contribution in [0.25, 0.3) is 0 Å². The van der Waals surface area contributed by atoms with E-state index in [9.17, 15) is 14.7 Å². The second-order valence-corrected chi connectivity index (χ2v) is 8.45. The molecule has 1 fully saturated rings. The normalized spacial score (nSPS) is 17.2. The summed E-state index contributed by atoms with van der Waals surface area (Å²) < 4.78 is 0. The summed E-state index contributed by atoms with van der Waals surface area (Å²) in [5.74, 6) is 0.112. The third-order valence-corrected chi connectivity index (χ3v) is 6.22. The van der Waals surface area contributed by atoms with Crippen LogP contribution in [-0.2, 0) is 13.0 Å². The lowest BCUT2D eigenvalue weighted by Gasteiger charge is -2.30. The zero-order valence-corrected chi connectivity index (χ0v) is 17.4. The van der Waals surface area contributed by atoms with Crippen LogP contribution in [-0.4, -0.2) is 58.9 Å². The number of likely N-dealkylation sites (tertiary alicyclic amines) is 1. The Morgan fingerprint density at radius 3 is 2.33 bits per heavy atom. The summed E-state index contributed by atoms with van der Waals surface area (Å²) in [5.41, 5.74) is 4.04. The molecule has 1 atom stereocenters. The van der Waals surface area contributed by atoms with Crippen molar-refractivity contribution in [2.45, 2.75) is 44.8 Å². The van der Waals surface area contributed by atoms with Gasteiger partial charge in [-0.2, -0.15) is 0 Å². The summed E-state index contributed by atoms with van der Waals surface area (Å²) >= 11 is 0. The molecule has 0 bridgehead atoms. The van der Waals surface area contributed by atoms with Crippen molar-refractivity contribution in [3.05, 3.63) is 70.8 Å². The molecule has 1 amide bonds. The quantitative estimate of drug-likeness (QED) is 0.684. The van der Waals surface area contributed by atoms with Crippen molar-refractivity contribution in [1.29, 1.82) is 0 Å². The summed E-state index contributed by atoms with van der Waals surface area (Å²) in [7, 11) is 0. The number of ketones is 1. The Bertz CT molecular complexity index is 890. The molecule has 2 aromatic carbocycles. The number of hydrogen-bond acceptors (Lipinski definition) is 4. The van der Waals surface area contributed by atoms with Crippen LogP contribution in [0.15, 0.2) is 48.5 Å². The number of benzene rings is 2. The Balaban J connectivity index is 1.19. The van der Waals surface area contributed by atoms with Crippen molar-refractivity contribution < 1.29 is 14.7 Å². The first-order chi connectivity index (χ1) is 14.6. The fourth-order valence-corrected chi connectivity index (χ4v) is 4.24. The van der Waals surface area contributed by atoms with Crippen molar-refractivity contribution in [1.82, 2.24) is 9.80 Å². The maximum Gasteiger partial charge on any atom is 0.253 e. The van der Waals surface area contributed by atoms with Crippen LogP contribution < -0.4 is 0 Å².